The fraction of sp³-hybridized carbons (Fsp3) is 0.550. The van der Waals surface area contributed by atoms with E-state index in [9.17, 15) is 0 Å². The molecule has 0 bridgehead atoms. The highest BCUT2D eigenvalue weighted by Crippen LogP contribution is 2.27. The van der Waals surface area contributed by atoms with Crippen molar-refractivity contribution in [3.8, 4) is 5.75 Å². The lowest BCUT2D eigenvalue weighted by atomic mass is 10.0. The molecule has 0 amide bonds. The zero-order valence-corrected chi connectivity index (χ0v) is 15.0. The molecule has 3 rings (SSSR count). The standard InChI is InChI=1S/C20H28N2O3/c1-2-3-13-23-19-7-5-18(6-8-19)9-10-20(24-14-4-15-25-20)16-22-12-11-21-17-22/h5-8,11-12,17H,2-4,9-10,13-16H2,1H3. The van der Waals surface area contributed by atoms with Crippen LogP contribution in [0.5, 0.6) is 5.75 Å². The maximum absolute atomic E-state index is 6.05. The minimum Gasteiger partial charge on any atom is -0.494 e. The summed E-state index contributed by atoms with van der Waals surface area (Å²) < 4.78 is 19.9. The first-order chi connectivity index (χ1) is 12.3. The lowest BCUT2D eigenvalue weighted by Gasteiger charge is -2.37. The molecule has 136 valence electrons. The first-order valence-corrected chi connectivity index (χ1v) is 9.25. The van der Waals surface area contributed by atoms with Crippen molar-refractivity contribution in [3.05, 3.63) is 48.5 Å². The number of imidazole rings is 1. The highest BCUT2D eigenvalue weighted by molar-refractivity contribution is 5.27. The quantitative estimate of drug-likeness (QED) is 0.649. The molecule has 1 fully saturated rings. The molecule has 1 aromatic heterocycles. The number of ether oxygens (including phenoxy) is 3. The second-order valence-electron chi connectivity index (χ2n) is 6.54. The van der Waals surface area contributed by atoms with Crippen LogP contribution in [0.25, 0.3) is 0 Å². The Morgan fingerprint density at radius 3 is 2.68 bits per heavy atom. The van der Waals surface area contributed by atoms with E-state index < -0.39 is 5.79 Å². The summed E-state index contributed by atoms with van der Waals surface area (Å²) in [5.74, 6) is 0.380. The molecule has 0 radical (unpaired) electrons. The third kappa shape index (κ3) is 5.31. The highest BCUT2D eigenvalue weighted by Gasteiger charge is 2.34. The van der Waals surface area contributed by atoms with Crippen molar-refractivity contribution < 1.29 is 14.2 Å². The third-order valence-corrected chi connectivity index (χ3v) is 4.49. The van der Waals surface area contributed by atoms with E-state index in [0.717, 1.165) is 57.7 Å². The molecule has 25 heavy (non-hydrogen) atoms. The van der Waals surface area contributed by atoms with E-state index in [0.29, 0.717) is 6.54 Å². The molecule has 0 saturated carbocycles. The summed E-state index contributed by atoms with van der Waals surface area (Å²) in [6.45, 7) is 5.12. The van der Waals surface area contributed by atoms with Gasteiger partial charge >= 0.3 is 0 Å². The van der Waals surface area contributed by atoms with Crippen molar-refractivity contribution in [2.24, 2.45) is 0 Å². The van der Waals surface area contributed by atoms with Gasteiger partial charge in [-0.25, -0.2) is 4.98 Å². The van der Waals surface area contributed by atoms with E-state index in [1.54, 1.807) is 6.20 Å². The molecule has 2 aromatic rings. The van der Waals surface area contributed by atoms with Crippen molar-refractivity contribution >= 4 is 0 Å². The molecule has 1 aliphatic heterocycles. The number of rotatable bonds is 9. The lowest BCUT2D eigenvalue weighted by Crippen LogP contribution is -2.44. The minimum atomic E-state index is -0.560. The molecule has 1 saturated heterocycles. The Balaban J connectivity index is 1.57. The van der Waals surface area contributed by atoms with Crippen molar-refractivity contribution in [2.45, 2.75) is 51.4 Å². The van der Waals surface area contributed by atoms with E-state index in [1.807, 2.05) is 17.1 Å². The van der Waals surface area contributed by atoms with Crippen LogP contribution in [0.2, 0.25) is 0 Å². The van der Waals surface area contributed by atoms with Gasteiger partial charge in [-0.3, -0.25) is 0 Å². The van der Waals surface area contributed by atoms with Crippen LogP contribution >= 0.6 is 0 Å². The number of hydrogen-bond acceptors (Lipinski definition) is 4. The summed E-state index contributed by atoms with van der Waals surface area (Å²) in [5.41, 5.74) is 1.27. The Kier molecular flexibility index (Phi) is 6.48. The van der Waals surface area contributed by atoms with Gasteiger partial charge in [0.25, 0.3) is 0 Å². The third-order valence-electron chi connectivity index (χ3n) is 4.49. The number of nitrogens with zero attached hydrogens (tertiary/aromatic N) is 2. The molecule has 1 aliphatic rings. The molecule has 0 N–H and O–H groups in total. The van der Waals surface area contributed by atoms with Crippen molar-refractivity contribution in [3.63, 3.8) is 0 Å². The Morgan fingerprint density at radius 2 is 2.00 bits per heavy atom. The average Bonchev–Trinajstić information content (AvgIpc) is 3.15. The van der Waals surface area contributed by atoms with Crippen LogP contribution in [0.15, 0.2) is 43.0 Å². The summed E-state index contributed by atoms with van der Waals surface area (Å²) in [6, 6.07) is 8.37. The van der Waals surface area contributed by atoms with E-state index in [4.69, 9.17) is 14.2 Å². The zero-order valence-electron chi connectivity index (χ0n) is 15.0. The molecule has 0 unspecified atom stereocenters. The van der Waals surface area contributed by atoms with Crippen LogP contribution in [0, 0.1) is 0 Å². The molecule has 0 spiro atoms. The second-order valence-corrected chi connectivity index (χ2v) is 6.54. The van der Waals surface area contributed by atoms with Gasteiger partial charge in [0.1, 0.15) is 5.75 Å². The summed E-state index contributed by atoms with van der Waals surface area (Å²) in [6.07, 6.45) is 10.5. The average molecular weight is 344 g/mol. The van der Waals surface area contributed by atoms with E-state index in [-0.39, 0.29) is 0 Å². The van der Waals surface area contributed by atoms with Gasteiger partial charge in [-0.2, -0.15) is 0 Å². The Hall–Kier alpha value is -1.85. The minimum absolute atomic E-state index is 0.560. The predicted molar refractivity (Wildman–Crippen MR) is 96.6 cm³/mol. The van der Waals surface area contributed by atoms with Crippen molar-refractivity contribution in [1.82, 2.24) is 9.55 Å². The van der Waals surface area contributed by atoms with Crippen molar-refractivity contribution in [2.75, 3.05) is 19.8 Å². The molecule has 5 heteroatoms. The number of aromatic nitrogens is 2. The summed E-state index contributed by atoms with van der Waals surface area (Å²) in [5, 5.41) is 0. The molecular formula is C20H28N2O3. The molecule has 0 atom stereocenters. The van der Waals surface area contributed by atoms with Crippen LogP contribution in [-0.4, -0.2) is 35.2 Å². The van der Waals surface area contributed by atoms with Crippen LogP contribution in [-0.2, 0) is 22.4 Å². The summed E-state index contributed by atoms with van der Waals surface area (Å²) in [4.78, 5) is 4.12. The van der Waals surface area contributed by atoms with Crippen molar-refractivity contribution in [1.29, 1.82) is 0 Å². The maximum Gasteiger partial charge on any atom is 0.186 e. The smallest absolute Gasteiger partial charge is 0.186 e. The Labute approximate surface area is 149 Å². The monoisotopic (exact) mass is 344 g/mol. The number of aryl methyl sites for hydroxylation is 1. The largest absolute Gasteiger partial charge is 0.494 e. The molecule has 5 nitrogen and oxygen atoms in total. The summed E-state index contributed by atoms with van der Waals surface area (Å²) >= 11 is 0. The molecule has 0 aliphatic carbocycles. The van der Waals surface area contributed by atoms with Crippen LogP contribution in [0.4, 0.5) is 0 Å². The molecule has 2 heterocycles. The van der Waals surface area contributed by atoms with E-state index in [1.165, 1.54) is 5.56 Å². The van der Waals surface area contributed by atoms with Gasteiger partial charge in [0.05, 0.1) is 32.7 Å². The van der Waals surface area contributed by atoms with Gasteiger partial charge in [0.2, 0.25) is 0 Å². The van der Waals surface area contributed by atoms with E-state index in [2.05, 4.69) is 36.2 Å². The van der Waals surface area contributed by atoms with Gasteiger partial charge in [0, 0.05) is 18.8 Å². The molecular weight excluding hydrogens is 316 g/mol. The normalized spacial score (nSPS) is 16.7. The van der Waals surface area contributed by atoms with Crippen LogP contribution < -0.4 is 4.74 Å². The fourth-order valence-corrected chi connectivity index (χ4v) is 3.01. The van der Waals surface area contributed by atoms with Crippen LogP contribution in [0.1, 0.15) is 38.2 Å². The van der Waals surface area contributed by atoms with Crippen LogP contribution in [0.3, 0.4) is 0 Å². The van der Waals surface area contributed by atoms with E-state index >= 15 is 0 Å². The lowest BCUT2D eigenvalue weighted by molar-refractivity contribution is -0.276. The number of hydrogen-bond donors (Lipinski definition) is 0. The zero-order chi connectivity index (χ0) is 17.4. The van der Waals surface area contributed by atoms with Gasteiger partial charge in [-0.1, -0.05) is 25.5 Å². The Bertz CT molecular complexity index is 604. The fourth-order valence-electron chi connectivity index (χ4n) is 3.01. The van der Waals surface area contributed by atoms with Gasteiger partial charge in [0.15, 0.2) is 5.79 Å². The first kappa shape index (κ1) is 18.0. The van der Waals surface area contributed by atoms with Gasteiger partial charge in [-0.15, -0.1) is 0 Å². The highest BCUT2D eigenvalue weighted by atomic mass is 16.7. The number of benzene rings is 1. The molecule has 1 aromatic carbocycles. The van der Waals surface area contributed by atoms with Gasteiger partial charge < -0.3 is 18.8 Å². The maximum atomic E-state index is 6.05. The number of unbranched alkanes of at least 4 members (excludes halogenated alkanes) is 1. The SMILES string of the molecule is CCCCOc1ccc(CCC2(Cn3ccnc3)OCCCO2)cc1. The Morgan fingerprint density at radius 1 is 1.20 bits per heavy atom. The second kappa shape index (κ2) is 9.02. The van der Waals surface area contributed by atoms with Gasteiger partial charge in [-0.05, 0) is 37.0 Å². The topological polar surface area (TPSA) is 45.5 Å². The summed E-state index contributed by atoms with van der Waals surface area (Å²) in [7, 11) is 0. The predicted octanol–water partition coefficient (Wildman–Crippen LogP) is 3.83. The first-order valence-electron chi connectivity index (χ1n) is 9.25.